The van der Waals surface area contributed by atoms with Crippen LogP contribution in [0.2, 0.25) is 0 Å². The smallest absolute Gasteiger partial charge is 0.410 e. The number of carbonyl (C=O) groups is 3. The van der Waals surface area contributed by atoms with Crippen LogP contribution in [0.15, 0.2) is 54.6 Å². The quantitative estimate of drug-likeness (QED) is 0.635. The van der Waals surface area contributed by atoms with Gasteiger partial charge in [-0.3, -0.25) is 9.69 Å². The number of nitrogens with zero attached hydrogens (tertiary/aromatic N) is 1. The van der Waals surface area contributed by atoms with Crippen molar-refractivity contribution in [2.45, 2.75) is 38.0 Å². The largest absolute Gasteiger partial charge is 0.497 e. The fourth-order valence-corrected chi connectivity index (χ4v) is 3.66. The van der Waals surface area contributed by atoms with Gasteiger partial charge in [0.2, 0.25) is 5.91 Å². The molecule has 2 aromatic rings. The lowest BCUT2D eigenvalue weighted by Crippen LogP contribution is -2.51. The van der Waals surface area contributed by atoms with Crippen LogP contribution in [0.1, 0.15) is 24.0 Å². The summed E-state index contributed by atoms with van der Waals surface area (Å²) in [5.41, 5.74) is 1.71. The van der Waals surface area contributed by atoms with Crippen molar-refractivity contribution in [3.8, 4) is 5.75 Å². The Morgan fingerprint density at radius 2 is 1.75 bits per heavy atom. The summed E-state index contributed by atoms with van der Waals surface area (Å²) in [6.45, 7) is 0.555. The summed E-state index contributed by atoms with van der Waals surface area (Å²) < 4.78 is 15.4. The van der Waals surface area contributed by atoms with Crippen LogP contribution in [0.3, 0.4) is 0 Å². The van der Waals surface area contributed by atoms with Gasteiger partial charge < -0.3 is 19.5 Å². The second-order valence-corrected chi connectivity index (χ2v) is 7.53. The molecule has 0 aliphatic carbocycles. The molecule has 1 aliphatic rings. The molecule has 1 heterocycles. The molecule has 0 radical (unpaired) electrons. The highest BCUT2D eigenvalue weighted by molar-refractivity contribution is 5.90. The van der Waals surface area contributed by atoms with Gasteiger partial charge in [-0.15, -0.1) is 0 Å². The third kappa shape index (κ3) is 6.00. The fraction of sp³-hybridized carbons (Fsp3) is 0.375. The van der Waals surface area contributed by atoms with E-state index >= 15 is 0 Å². The zero-order valence-electron chi connectivity index (χ0n) is 18.3. The molecule has 170 valence electrons. The molecule has 0 saturated carbocycles. The van der Waals surface area contributed by atoms with Crippen molar-refractivity contribution >= 4 is 18.0 Å². The Labute approximate surface area is 187 Å². The predicted molar refractivity (Wildman–Crippen MR) is 117 cm³/mol. The number of hydrogen-bond donors (Lipinski definition) is 1. The molecule has 1 saturated heterocycles. The van der Waals surface area contributed by atoms with E-state index in [2.05, 4.69) is 5.32 Å². The van der Waals surface area contributed by atoms with E-state index in [1.54, 1.807) is 19.2 Å². The lowest BCUT2D eigenvalue weighted by molar-refractivity contribution is -0.145. The lowest BCUT2D eigenvalue weighted by Gasteiger charge is -2.25. The molecule has 3 rings (SSSR count). The number of hydrogen-bond acceptors (Lipinski definition) is 6. The number of methoxy groups -OCH3 is 2. The zero-order valence-corrected chi connectivity index (χ0v) is 18.3. The normalized spacial score (nSPS) is 16.2. The molecular weight excluding hydrogens is 412 g/mol. The van der Waals surface area contributed by atoms with Crippen LogP contribution < -0.4 is 10.1 Å². The summed E-state index contributed by atoms with van der Waals surface area (Å²) in [6.07, 6.45) is 0.896. The maximum absolute atomic E-state index is 13.0. The average molecular weight is 440 g/mol. The Morgan fingerprint density at radius 1 is 1.03 bits per heavy atom. The maximum Gasteiger partial charge on any atom is 0.410 e. The van der Waals surface area contributed by atoms with E-state index in [4.69, 9.17) is 14.2 Å². The molecule has 2 atom stereocenters. The van der Waals surface area contributed by atoms with Crippen molar-refractivity contribution in [2.75, 3.05) is 20.8 Å². The molecule has 8 heteroatoms. The Kier molecular flexibility index (Phi) is 8.08. The summed E-state index contributed by atoms with van der Waals surface area (Å²) >= 11 is 0. The van der Waals surface area contributed by atoms with E-state index < -0.39 is 30.1 Å². The number of nitrogens with one attached hydrogen (secondary N) is 1. The SMILES string of the molecule is COC(=O)[C@H](Cc1ccc(OC)cc1)NC(=O)[C@H]1CCCN1C(=O)OCc1ccccc1. The first-order chi connectivity index (χ1) is 15.5. The molecule has 1 N–H and O–H groups in total. The second-order valence-electron chi connectivity index (χ2n) is 7.53. The number of esters is 1. The molecule has 0 unspecified atom stereocenters. The van der Waals surface area contributed by atoms with Crippen molar-refractivity contribution in [1.82, 2.24) is 10.2 Å². The molecule has 0 aromatic heterocycles. The summed E-state index contributed by atoms with van der Waals surface area (Å²) in [5, 5.41) is 2.75. The van der Waals surface area contributed by atoms with Crippen molar-refractivity contribution < 1.29 is 28.6 Å². The summed E-state index contributed by atoms with van der Waals surface area (Å²) in [6, 6.07) is 15.0. The fourth-order valence-electron chi connectivity index (χ4n) is 3.66. The second kappa shape index (κ2) is 11.2. The summed E-state index contributed by atoms with van der Waals surface area (Å²) in [5.74, 6) is -0.253. The van der Waals surface area contributed by atoms with Crippen LogP contribution in [0.25, 0.3) is 0 Å². The van der Waals surface area contributed by atoms with Crippen LogP contribution in [-0.4, -0.2) is 55.7 Å². The monoisotopic (exact) mass is 440 g/mol. The standard InChI is InChI=1S/C24H28N2O6/c1-30-19-12-10-17(11-13-19)15-20(23(28)31-2)25-22(27)21-9-6-14-26(21)24(29)32-16-18-7-4-3-5-8-18/h3-5,7-8,10-13,20-21H,6,9,14-16H2,1-2H3,(H,25,27)/t20-,21+/m0/s1. The zero-order chi connectivity index (χ0) is 22.9. The number of amides is 2. The first kappa shape index (κ1) is 23.1. The Bertz CT molecular complexity index is 916. The van der Waals surface area contributed by atoms with Crippen LogP contribution in [-0.2, 0) is 32.1 Å². The van der Waals surface area contributed by atoms with E-state index in [9.17, 15) is 14.4 Å². The van der Waals surface area contributed by atoms with Gasteiger partial charge in [0.1, 0.15) is 24.4 Å². The lowest BCUT2D eigenvalue weighted by atomic mass is 10.0. The van der Waals surface area contributed by atoms with Crippen LogP contribution >= 0.6 is 0 Å². The average Bonchev–Trinajstić information content (AvgIpc) is 3.33. The molecule has 2 aromatic carbocycles. The highest BCUT2D eigenvalue weighted by Crippen LogP contribution is 2.20. The highest BCUT2D eigenvalue weighted by atomic mass is 16.6. The molecule has 1 aliphatic heterocycles. The van der Waals surface area contributed by atoms with Gasteiger partial charge in [-0.2, -0.15) is 0 Å². The van der Waals surface area contributed by atoms with E-state index in [-0.39, 0.29) is 13.0 Å². The van der Waals surface area contributed by atoms with Gasteiger partial charge in [0.15, 0.2) is 0 Å². The number of ether oxygens (including phenoxy) is 3. The van der Waals surface area contributed by atoms with Crippen LogP contribution in [0.5, 0.6) is 5.75 Å². The number of likely N-dealkylation sites (tertiary alicyclic amines) is 1. The van der Waals surface area contributed by atoms with Crippen LogP contribution in [0, 0.1) is 0 Å². The minimum Gasteiger partial charge on any atom is -0.497 e. The van der Waals surface area contributed by atoms with E-state index in [0.29, 0.717) is 25.1 Å². The van der Waals surface area contributed by atoms with Crippen molar-refractivity contribution in [3.05, 3.63) is 65.7 Å². The Hall–Kier alpha value is -3.55. The van der Waals surface area contributed by atoms with Gasteiger partial charge in [0, 0.05) is 13.0 Å². The minimum absolute atomic E-state index is 0.132. The number of benzene rings is 2. The van der Waals surface area contributed by atoms with Gasteiger partial charge in [0.05, 0.1) is 14.2 Å². The highest BCUT2D eigenvalue weighted by Gasteiger charge is 2.37. The van der Waals surface area contributed by atoms with Gasteiger partial charge in [-0.1, -0.05) is 42.5 Å². The van der Waals surface area contributed by atoms with E-state index in [1.165, 1.54) is 12.0 Å². The molecular formula is C24H28N2O6. The third-order valence-electron chi connectivity index (χ3n) is 5.40. The van der Waals surface area contributed by atoms with Crippen LogP contribution in [0.4, 0.5) is 4.79 Å². The number of carbonyl (C=O) groups excluding carboxylic acids is 3. The topological polar surface area (TPSA) is 94.2 Å². The molecule has 32 heavy (non-hydrogen) atoms. The molecule has 8 nitrogen and oxygen atoms in total. The minimum atomic E-state index is -0.872. The van der Waals surface area contributed by atoms with Crippen molar-refractivity contribution in [1.29, 1.82) is 0 Å². The van der Waals surface area contributed by atoms with Crippen molar-refractivity contribution in [3.63, 3.8) is 0 Å². The molecule has 2 amide bonds. The van der Waals surface area contributed by atoms with Gasteiger partial charge in [-0.25, -0.2) is 9.59 Å². The predicted octanol–water partition coefficient (Wildman–Crippen LogP) is 2.70. The molecule has 0 bridgehead atoms. The van der Waals surface area contributed by atoms with E-state index in [1.807, 2.05) is 42.5 Å². The molecule has 0 spiro atoms. The summed E-state index contributed by atoms with van der Waals surface area (Å²) in [7, 11) is 2.85. The van der Waals surface area contributed by atoms with E-state index in [0.717, 1.165) is 11.1 Å². The van der Waals surface area contributed by atoms with Gasteiger partial charge in [-0.05, 0) is 36.1 Å². The third-order valence-corrected chi connectivity index (χ3v) is 5.40. The van der Waals surface area contributed by atoms with Gasteiger partial charge >= 0.3 is 12.1 Å². The Morgan fingerprint density at radius 3 is 2.41 bits per heavy atom. The van der Waals surface area contributed by atoms with Crippen molar-refractivity contribution in [2.24, 2.45) is 0 Å². The maximum atomic E-state index is 13.0. The number of rotatable bonds is 8. The summed E-state index contributed by atoms with van der Waals surface area (Å²) in [4.78, 5) is 39.3. The first-order valence-electron chi connectivity index (χ1n) is 10.5. The molecule has 1 fully saturated rings. The van der Waals surface area contributed by atoms with Gasteiger partial charge in [0.25, 0.3) is 0 Å². The first-order valence-corrected chi connectivity index (χ1v) is 10.5. The Balaban J connectivity index is 1.62.